The Morgan fingerprint density at radius 3 is 1.72 bits per heavy atom. The van der Waals surface area contributed by atoms with Gasteiger partial charge in [-0.15, -0.1) is 0 Å². The molecule has 0 unspecified atom stereocenters. The van der Waals surface area contributed by atoms with Crippen LogP contribution in [0, 0.1) is 0 Å². The number of benzene rings is 2. The van der Waals surface area contributed by atoms with Crippen LogP contribution in [0.4, 0.5) is 36.4 Å². The Morgan fingerprint density at radius 2 is 1.31 bits per heavy atom. The van der Waals surface area contributed by atoms with E-state index in [2.05, 4.69) is 0 Å². The number of carbonyl (C=O) groups is 1. The molecule has 0 aliphatic heterocycles. The molecule has 0 saturated heterocycles. The first-order chi connectivity index (χ1) is 13.1. The number of nitrogens with two attached hydrogens (primary N) is 1. The Bertz CT molecular complexity index is 920. The van der Waals surface area contributed by atoms with Gasteiger partial charge in [0.2, 0.25) is 0 Å². The molecular formula is C17H9Cl3F7NO. The molecule has 0 fully saturated rings. The van der Waals surface area contributed by atoms with Crippen LogP contribution in [0.2, 0.25) is 15.1 Å². The summed E-state index contributed by atoms with van der Waals surface area (Å²) < 4.78 is 91.5. The van der Waals surface area contributed by atoms with Gasteiger partial charge in [0, 0.05) is 27.6 Å². The lowest BCUT2D eigenvalue weighted by atomic mass is 9.92. The molecule has 0 spiro atoms. The van der Waals surface area contributed by atoms with Gasteiger partial charge >= 0.3 is 18.0 Å². The van der Waals surface area contributed by atoms with Crippen molar-refractivity contribution in [2.24, 2.45) is 0 Å². The van der Waals surface area contributed by atoms with Gasteiger partial charge in [-0.2, -0.15) is 26.3 Å². The minimum atomic E-state index is -6.32. The van der Waals surface area contributed by atoms with E-state index in [-0.39, 0.29) is 34.0 Å². The zero-order valence-corrected chi connectivity index (χ0v) is 16.1. The highest BCUT2D eigenvalue weighted by atomic mass is 35.5. The van der Waals surface area contributed by atoms with E-state index in [1.807, 2.05) is 0 Å². The van der Waals surface area contributed by atoms with E-state index in [9.17, 15) is 35.5 Å². The average molecular weight is 483 g/mol. The minimum Gasteiger partial charge on any atom is -0.398 e. The highest BCUT2D eigenvalue weighted by Gasteiger charge is 2.73. The van der Waals surface area contributed by atoms with Crippen molar-refractivity contribution in [3.05, 3.63) is 62.1 Å². The number of hydrogen-bond acceptors (Lipinski definition) is 2. The zero-order chi connectivity index (χ0) is 22.4. The summed E-state index contributed by atoms with van der Waals surface area (Å²) in [6, 6.07) is 4.14. The summed E-state index contributed by atoms with van der Waals surface area (Å²) in [5.74, 6) is -0.651. The van der Waals surface area contributed by atoms with E-state index in [1.165, 1.54) is 18.2 Å². The summed E-state index contributed by atoms with van der Waals surface area (Å²) in [5.41, 5.74) is -2.08. The van der Waals surface area contributed by atoms with Crippen LogP contribution in [0.15, 0.2) is 30.3 Å². The molecule has 0 aromatic heterocycles. The van der Waals surface area contributed by atoms with Crippen LogP contribution in [0.3, 0.4) is 0 Å². The van der Waals surface area contributed by atoms with E-state index >= 15 is 0 Å². The molecule has 0 saturated carbocycles. The molecular weight excluding hydrogens is 474 g/mol. The quantitative estimate of drug-likeness (QED) is 0.291. The third-order valence-corrected chi connectivity index (χ3v) is 4.98. The number of carbonyl (C=O) groups excluding carboxylic acids is 1. The van der Waals surface area contributed by atoms with Crippen molar-refractivity contribution < 1.29 is 35.5 Å². The molecule has 0 aliphatic rings. The Morgan fingerprint density at radius 1 is 0.828 bits per heavy atom. The van der Waals surface area contributed by atoms with Crippen molar-refractivity contribution >= 4 is 46.3 Å². The molecule has 0 aliphatic carbocycles. The second-order valence-electron chi connectivity index (χ2n) is 5.91. The second kappa shape index (κ2) is 7.85. The van der Waals surface area contributed by atoms with Crippen LogP contribution in [-0.4, -0.2) is 18.1 Å². The van der Waals surface area contributed by atoms with Crippen LogP contribution in [0.5, 0.6) is 0 Å². The normalized spacial score (nSPS) is 12.9. The van der Waals surface area contributed by atoms with Gasteiger partial charge in [-0.1, -0.05) is 34.8 Å². The van der Waals surface area contributed by atoms with E-state index in [1.54, 1.807) is 0 Å². The number of hydrogen-bond donors (Lipinski definition) is 1. The van der Waals surface area contributed by atoms with E-state index in [0.717, 1.165) is 0 Å². The van der Waals surface area contributed by atoms with E-state index in [4.69, 9.17) is 40.5 Å². The van der Waals surface area contributed by atoms with Crippen molar-refractivity contribution in [3.63, 3.8) is 0 Å². The summed E-state index contributed by atoms with van der Waals surface area (Å²) in [6.45, 7) is 0. The summed E-state index contributed by atoms with van der Waals surface area (Å²) >= 11 is 17.3. The first kappa shape index (κ1) is 23.6. The molecule has 2 N–H and O–H groups in total. The SMILES string of the molecule is Nc1ccc(C(=O)Cc2c(Cl)cc(C(F)(C(F)(F)F)C(F)(F)F)cc2Cl)cc1Cl. The fourth-order valence-electron chi connectivity index (χ4n) is 2.42. The highest BCUT2D eigenvalue weighted by molar-refractivity contribution is 6.36. The van der Waals surface area contributed by atoms with Gasteiger partial charge in [-0.25, -0.2) is 4.39 Å². The largest absolute Gasteiger partial charge is 0.435 e. The van der Waals surface area contributed by atoms with E-state index < -0.39 is 45.8 Å². The predicted molar refractivity (Wildman–Crippen MR) is 95.3 cm³/mol. The van der Waals surface area contributed by atoms with Gasteiger partial charge < -0.3 is 5.73 Å². The van der Waals surface area contributed by atoms with Gasteiger partial charge in [-0.05, 0) is 35.9 Å². The van der Waals surface area contributed by atoms with Crippen LogP contribution in [-0.2, 0) is 12.1 Å². The molecule has 0 amide bonds. The van der Waals surface area contributed by atoms with Crippen LogP contribution in [0.25, 0.3) is 0 Å². The number of anilines is 1. The summed E-state index contributed by atoms with van der Waals surface area (Å²) in [6.07, 6.45) is -13.2. The van der Waals surface area contributed by atoms with Gasteiger partial charge in [0.15, 0.2) is 5.78 Å². The van der Waals surface area contributed by atoms with Gasteiger partial charge in [0.25, 0.3) is 0 Å². The maximum Gasteiger partial charge on any atom is 0.435 e. The first-order valence-corrected chi connectivity index (χ1v) is 8.62. The second-order valence-corrected chi connectivity index (χ2v) is 7.13. The zero-order valence-electron chi connectivity index (χ0n) is 13.9. The standard InChI is InChI=1S/C17H9Cl3F7NO/c18-10-4-8(15(21,16(22,23)24)17(25,26)27)5-11(19)9(10)6-14(29)7-1-2-13(28)12(20)3-7/h1-5H,6,28H2. The smallest absolute Gasteiger partial charge is 0.398 e. The Labute approximate surface area is 174 Å². The highest BCUT2D eigenvalue weighted by Crippen LogP contribution is 2.54. The molecule has 0 radical (unpaired) electrons. The maximum absolute atomic E-state index is 14.2. The molecule has 2 nitrogen and oxygen atoms in total. The molecule has 2 aromatic carbocycles. The third kappa shape index (κ3) is 4.41. The fraction of sp³-hybridized carbons (Fsp3) is 0.235. The lowest BCUT2D eigenvalue weighted by Gasteiger charge is -2.30. The summed E-state index contributed by atoms with van der Waals surface area (Å²) in [4.78, 5) is 12.3. The molecule has 12 heteroatoms. The molecule has 2 rings (SSSR count). The predicted octanol–water partition coefficient (Wildman–Crippen LogP) is 6.94. The van der Waals surface area contributed by atoms with Crippen LogP contribution >= 0.6 is 34.8 Å². The minimum absolute atomic E-state index is 0.0471. The monoisotopic (exact) mass is 481 g/mol. The molecule has 158 valence electrons. The van der Waals surface area contributed by atoms with Crippen molar-refractivity contribution in [2.75, 3.05) is 5.73 Å². The van der Waals surface area contributed by atoms with Crippen molar-refractivity contribution in [2.45, 2.75) is 24.4 Å². The first-order valence-electron chi connectivity index (χ1n) is 7.48. The lowest BCUT2D eigenvalue weighted by Crippen LogP contribution is -2.50. The summed E-state index contributed by atoms with van der Waals surface area (Å²) in [7, 11) is 0. The number of Topliss-reactive ketones (excluding diaryl/α,β-unsaturated/α-hetero) is 1. The lowest BCUT2D eigenvalue weighted by molar-refractivity contribution is -0.348. The van der Waals surface area contributed by atoms with Crippen molar-refractivity contribution in [3.8, 4) is 0 Å². The third-order valence-electron chi connectivity index (χ3n) is 3.98. The fourth-order valence-corrected chi connectivity index (χ4v) is 3.22. The van der Waals surface area contributed by atoms with Crippen LogP contribution < -0.4 is 5.73 Å². The molecule has 29 heavy (non-hydrogen) atoms. The van der Waals surface area contributed by atoms with E-state index in [0.29, 0.717) is 0 Å². The van der Waals surface area contributed by atoms with Gasteiger partial charge in [-0.3, -0.25) is 4.79 Å². The van der Waals surface area contributed by atoms with Gasteiger partial charge in [0.1, 0.15) is 0 Å². The topological polar surface area (TPSA) is 43.1 Å². The Balaban J connectivity index is 2.48. The number of halogens is 10. The van der Waals surface area contributed by atoms with Crippen LogP contribution in [0.1, 0.15) is 21.5 Å². The summed E-state index contributed by atoms with van der Waals surface area (Å²) in [5, 5.41) is -1.42. The number of rotatable bonds is 4. The maximum atomic E-state index is 14.2. The average Bonchev–Trinajstić information content (AvgIpc) is 2.57. The molecule has 0 heterocycles. The molecule has 0 atom stereocenters. The van der Waals surface area contributed by atoms with Crippen molar-refractivity contribution in [1.82, 2.24) is 0 Å². The molecule has 0 bridgehead atoms. The number of ketones is 1. The van der Waals surface area contributed by atoms with Gasteiger partial charge in [0.05, 0.1) is 10.7 Å². The van der Waals surface area contributed by atoms with Crippen molar-refractivity contribution in [1.29, 1.82) is 0 Å². The number of nitrogen functional groups attached to an aromatic ring is 1. The Kier molecular flexibility index (Phi) is 6.38. The Hall–Kier alpha value is -1.71. The molecule has 2 aromatic rings. The number of alkyl halides is 7.